The number of hydrogen-bond donors (Lipinski definition) is 1. The quantitative estimate of drug-likeness (QED) is 0.744. The summed E-state index contributed by atoms with van der Waals surface area (Å²) in [4.78, 5) is 14.0. The Balaban J connectivity index is 1.81. The summed E-state index contributed by atoms with van der Waals surface area (Å²) in [5, 5.41) is 2.63. The number of urea groups is 1. The van der Waals surface area contributed by atoms with Crippen LogP contribution in [0.15, 0.2) is 0 Å². The SMILES string of the molecule is CCCCO[C@@H]1C[C@@H](NC(=O)N2CC[C@@H](S(C)(=O)=O)C2)C1(C)C. The minimum atomic E-state index is -3.08. The highest BCUT2D eigenvalue weighted by Gasteiger charge is 2.50. The van der Waals surface area contributed by atoms with Crippen LogP contribution >= 0.6 is 0 Å². The van der Waals surface area contributed by atoms with Crippen molar-refractivity contribution in [2.45, 2.75) is 63.9 Å². The van der Waals surface area contributed by atoms with E-state index < -0.39 is 15.1 Å². The van der Waals surface area contributed by atoms with E-state index >= 15 is 0 Å². The molecule has 1 saturated heterocycles. The zero-order valence-electron chi connectivity index (χ0n) is 14.7. The van der Waals surface area contributed by atoms with E-state index in [4.69, 9.17) is 4.74 Å². The molecule has 1 saturated carbocycles. The van der Waals surface area contributed by atoms with Crippen molar-refractivity contribution in [3.63, 3.8) is 0 Å². The summed E-state index contributed by atoms with van der Waals surface area (Å²) >= 11 is 0. The lowest BCUT2D eigenvalue weighted by atomic mass is 9.64. The van der Waals surface area contributed by atoms with E-state index in [1.54, 1.807) is 4.90 Å². The van der Waals surface area contributed by atoms with Crippen LogP contribution in [0.3, 0.4) is 0 Å². The van der Waals surface area contributed by atoms with Crippen molar-refractivity contribution in [3.05, 3.63) is 0 Å². The third-order valence-electron chi connectivity index (χ3n) is 5.33. The van der Waals surface area contributed by atoms with Gasteiger partial charge in [0.15, 0.2) is 9.84 Å². The molecule has 2 rings (SSSR count). The maximum absolute atomic E-state index is 12.4. The van der Waals surface area contributed by atoms with Crippen molar-refractivity contribution in [1.82, 2.24) is 10.2 Å². The highest BCUT2D eigenvalue weighted by molar-refractivity contribution is 7.91. The topological polar surface area (TPSA) is 75.7 Å². The number of amides is 2. The largest absolute Gasteiger partial charge is 0.378 e. The summed E-state index contributed by atoms with van der Waals surface area (Å²) in [6.07, 6.45) is 4.96. The average Bonchev–Trinajstić information content (AvgIpc) is 2.95. The molecular weight excluding hydrogens is 316 g/mol. The van der Waals surface area contributed by atoms with Crippen LogP contribution < -0.4 is 5.32 Å². The van der Waals surface area contributed by atoms with Gasteiger partial charge in [-0.1, -0.05) is 27.2 Å². The van der Waals surface area contributed by atoms with Crippen LogP contribution in [0.2, 0.25) is 0 Å². The molecule has 3 atom stereocenters. The second-order valence-electron chi connectivity index (χ2n) is 7.46. The summed E-state index contributed by atoms with van der Waals surface area (Å²) < 4.78 is 29.1. The molecule has 1 aliphatic carbocycles. The third-order valence-corrected chi connectivity index (χ3v) is 6.93. The minimum absolute atomic E-state index is 0.0823. The first-order chi connectivity index (χ1) is 10.7. The summed E-state index contributed by atoms with van der Waals surface area (Å²) in [6.45, 7) is 7.94. The van der Waals surface area contributed by atoms with E-state index in [1.807, 2.05) is 0 Å². The monoisotopic (exact) mass is 346 g/mol. The molecule has 2 fully saturated rings. The highest BCUT2D eigenvalue weighted by atomic mass is 32.2. The first-order valence-electron chi connectivity index (χ1n) is 8.52. The molecule has 0 aromatic carbocycles. The van der Waals surface area contributed by atoms with E-state index in [9.17, 15) is 13.2 Å². The Hall–Kier alpha value is -0.820. The Morgan fingerprint density at radius 2 is 2.09 bits per heavy atom. The zero-order valence-corrected chi connectivity index (χ0v) is 15.5. The Morgan fingerprint density at radius 1 is 1.39 bits per heavy atom. The first-order valence-corrected chi connectivity index (χ1v) is 10.5. The van der Waals surface area contributed by atoms with Crippen LogP contribution in [0.4, 0.5) is 4.79 Å². The van der Waals surface area contributed by atoms with Gasteiger partial charge in [-0.2, -0.15) is 0 Å². The van der Waals surface area contributed by atoms with Gasteiger partial charge in [-0.25, -0.2) is 13.2 Å². The van der Waals surface area contributed by atoms with Gasteiger partial charge in [0.1, 0.15) is 0 Å². The maximum Gasteiger partial charge on any atom is 0.317 e. The molecule has 2 amide bonds. The molecule has 0 aromatic heterocycles. The summed E-state index contributed by atoms with van der Waals surface area (Å²) in [7, 11) is -3.08. The van der Waals surface area contributed by atoms with E-state index in [-0.39, 0.29) is 23.6 Å². The van der Waals surface area contributed by atoms with Crippen LogP contribution in [-0.2, 0) is 14.6 Å². The summed E-state index contributed by atoms with van der Waals surface area (Å²) in [5.41, 5.74) is -0.0840. The Morgan fingerprint density at radius 3 is 2.61 bits per heavy atom. The number of carbonyl (C=O) groups excluding carboxylic acids is 1. The van der Waals surface area contributed by atoms with Crippen molar-refractivity contribution >= 4 is 15.9 Å². The van der Waals surface area contributed by atoms with E-state index in [2.05, 4.69) is 26.1 Å². The highest BCUT2D eigenvalue weighted by Crippen LogP contribution is 2.43. The van der Waals surface area contributed by atoms with Crippen molar-refractivity contribution in [1.29, 1.82) is 0 Å². The number of hydrogen-bond acceptors (Lipinski definition) is 4. The average molecular weight is 346 g/mol. The zero-order chi connectivity index (χ0) is 17.3. The van der Waals surface area contributed by atoms with Crippen LogP contribution in [0.25, 0.3) is 0 Å². The molecule has 6 nitrogen and oxygen atoms in total. The van der Waals surface area contributed by atoms with Crippen molar-refractivity contribution in [2.24, 2.45) is 5.41 Å². The van der Waals surface area contributed by atoms with Crippen molar-refractivity contribution in [2.75, 3.05) is 26.0 Å². The molecule has 0 radical (unpaired) electrons. The van der Waals surface area contributed by atoms with E-state index in [0.29, 0.717) is 19.5 Å². The van der Waals surface area contributed by atoms with Crippen LogP contribution in [0, 0.1) is 5.41 Å². The predicted octanol–water partition coefficient (Wildman–Crippen LogP) is 1.80. The van der Waals surface area contributed by atoms with Gasteiger partial charge < -0.3 is 15.0 Å². The second kappa shape index (κ2) is 6.97. The number of carbonyl (C=O) groups is 1. The standard InChI is InChI=1S/C16H30N2O4S/c1-5-6-9-22-14-10-13(16(14,2)3)17-15(19)18-8-7-12(11-18)23(4,20)21/h12-14H,5-11H2,1-4H3,(H,17,19)/t12-,13-,14-/m1/s1. The number of rotatable bonds is 6. The molecular formula is C16H30N2O4S. The van der Waals surface area contributed by atoms with Crippen LogP contribution in [0.1, 0.15) is 46.5 Å². The lowest BCUT2D eigenvalue weighted by Crippen LogP contribution is -2.63. The van der Waals surface area contributed by atoms with Crippen LogP contribution in [-0.4, -0.2) is 62.7 Å². The fraction of sp³-hybridized carbons (Fsp3) is 0.938. The molecule has 7 heteroatoms. The predicted molar refractivity (Wildman–Crippen MR) is 90.2 cm³/mol. The number of nitrogens with one attached hydrogen (secondary N) is 1. The Kier molecular flexibility index (Phi) is 5.61. The van der Waals surface area contributed by atoms with E-state index in [1.165, 1.54) is 6.26 Å². The van der Waals surface area contributed by atoms with Gasteiger partial charge in [-0.3, -0.25) is 0 Å². The summed E-state index contributed by atoms with van der Waals surface area (Å²) in [6, 6.07) is -0.0693. The molecule has 1 heterocycles. The van der Waals surface area contributed by atoms with Crippen LogP contribution in [0.5, 0.6) is 0 Å². The minimum Gasteiger partial charge on any atom is -0.378 e. The van der Waals surface area contributed by atoms with Gasteiger partial charge in [0.05, 0.1) is 11.4 Å². The lowest BCUT2D eigenvalue weighted by Gasteiger charge is -2.51. The lowest BCUT2D eigenvalue weighted by molar-refractivity contribution is -0.115. The van der Waals surface area contributed by atoms with E-state index in [0.717, 1.165) is 25.9 Å². The van der Waals surface area contributed by atoms with Gasteiger partial charge in [-0.15, -0.1) is 0 Å². The maximum atomic E-state index is 12.4. The number of sulfone groups is 1. The van der Waals surface area contributed by atoms with Crippen molar-refractivity contribution < 1.29 is 17.9 Å². The molecule has 134 valence electrons. The third kappa shape index (κ3) is 4.18. The Labute approximate surface area is 139 Å². The molecule has 0 unspecified atom stereocenters. The molecule has 0 bridgehead atoms. The molecule has 1 N–H and O–H groups in total. The molecule has 0 spiro atoms. The van der Waals surface area contributed by atoms with Gasteiger partial charge in [0.25, 0.3) is 0 Å². The fourth-order valence-electron chi connectivity index (χ4n) is 3.29. The van der Waals surface area contributed by atoms with Gasteiger partial charge >= 0.3 is 6.03 Å². The van der Waals surface area contributed by atoms with Gasteiger partial charge in [-0.05, 0) is 19.3 Å². The fourth-order valence-corrected chi connectivity index (χ4v) is 4.27. The van der Waals surface area contributed by atoms with Crippen molar-refractivity contribution in [3.8, 4) is 0 Å². The normalized spacial score (nSPS) is 30.1. The number of unbranched alkanes of at least 4 members (excludes halogenated alkanes) is 1. The van der Waals surface area contributed by atoms with Gasteiger partial charge in [0.2, 0.25) is 0 Å². The van der Waals surface area contributed by atoms with Gasteiger partial charge in [0, 0.05) is 37.4 Å². The number of ether oxygens (including phenoxy) is 1. The molecule has 1 aliphatic heterocycles. The molecule has 0 aromatic rings. The smallest absolute Gasteiger partial charge is 0.317 e. The molecule has 23 heavy (non-hydrogen) atoms. The second-order valence-corrected chi connectivity index (χ2v) is 9.78. The Bertz CT molecular complexity index is 532. The first kappa shape index (κ1) is 18.5. The number of nitrogens with zero attached hydrogens (tertiary/aromatic N) is 1. The number of likely N-dealkylation sites (tertiary alicyclic amines) is 1. The summed E-state index contributed by atoms with van der Waals surface area (Å²) in [5.74, 6) is 0. The molecule has 2 aliphatic rings.